The van der Waals surface area contributed by atoms with Gasteiger partial charge in [0.25, 0.3) is 0 Å². The van der Waals surface area contributed by atoms with Gasteiger partial charge in [0.1, 0.15) is 11.9 Å². The molecule has 0 saturated heterocycles. The van der Waals surface area contributed by atoms with E-state index in [0.717, 1.165) is 31.4 Å². The summed E-state index contributed by atoms with van der Waals surface area (Å²) >= 11 is 0. The predicted molar refractivity (Wildman–Crippen MR) is 74.8 cm³/mol. The zero-order valence-electron chi connectivity index (χ0n) is 12.1. The Bertz CT molecular complexity index is 342. The molecule has 1 rings (SSSR count). The second-order valence-electron chi connectivity index (χ2n) is 4.76. The maximum atomic E-state index is 12.1. The molecule has 0 spiro atoms. The molecule has 0 fully saturated rings. The Morgan fingerprint density at radius 2 is 2.05 bits per heavy atom. The Balaban J connectivity index is 2.46. The largest absolute Gasteiger partial charge is 0.467 e. The molecule has 0 radical (unpaired) electrons. The van der Waals surface area contributed by atoms with Crippen LogP contribution in [0, 0.1) is 5.92 Å². The first kappa shape index (κ1) is 15.8. The molecule has 0 aromatic carbocycles. The van der Waals surface area contributed by atoms with Gasteiger partial charge in [0.05, 0.1) is 12.8 Å². The van der Waals surface area contributed by atoms with Crippen molar-refractivity contribution in [2.24, 2.45) is 5.92 Å². The summed E-state index contributed by atoms with van der Waals surface area (Å²) in [7, 11) is 1.62. The molecule has 0 aliphatic heterocycles. The van der Waals surface area contributed by atoms with Crippen LogP contribution in [0.4, 0.5) is 0 Å². The third-order valence-corrected chi connectivity index (χ3v) is 3.25. The maximum absolute atomic E-state index is 12.1. The number of amides is 1. The summed E-state index contributed by atoms with van der Waals surface area (Å²) in [5, 5.41) is 2.97. The van der Waals surface area contributed by atoms with Crippen molar-refractivity contribution < 1.29 is 13.9 Å². The topological polar surface area (TPSA) is 51.5 Å². The highest BCUT2D eigenvalue weighted by atomic mass is 16.5. The highest BCUT2D eigenvalue weighted by Crippen LogP contribution is 2.17. The lowest BCUT2D eigenvalue weighted by molar-refractivity contribution is -0.126. The molecular formula is C15H25NO3. The molecule has 19 heavy (non-hydrogen) atoms. The van der Waals surface area contributed by atoms with E-state index in [1.807, 2.05) is 12.1 Å². The number of rotatable bonds is 9. The minimum absolute atomic E-state index is 0.115. The Kier molecular flexibility index (Phi) is 7.26. The fraction of sp³-hybridized carbons (Fsp3) is 0.667. The third-order valence-electron chi connectivity index (χ3n) is 3.25. The summed E-state index contributed by atoms with van der Waals surface area (Å²) in [6.45, 7) is 4.67. The quantitative estimate of drug-likeness (QED) is 0.747. The van der Waals surface area contributed by atoms with Gasteiger partial charge in [0, 0.05) is 13.0 Å². The summed E-state index contributed by atoms with van der Waals surface area (Å²) < 4.78 is 10.6. The second-order valence-corrected chi connectivity index (χ2v) is 4.76. The molecule has 0 aliphatic carbocycles. The number of hydrogen-bond acceptors (Lipinski definition) is 3. The first-order chi connectivity index (χ1) is 9.22. The number of ether oxygens (including phenoxy) is 1. The highest BCUT2D eigenvalue weighted by Gasteiger charge is 2.19. The minimum Gasteiger partial charge on any atom is -0.467 e. The van der Waals surface area contributed by atoms with Gasteiger partial charge >= 0.3 is 0 Å². The molecule has 4 nitrogen and oxygen atoms in total. The van der Waals surface area contributed by atoms with Gasteiger partial charge in [0.2, 0.25) is 5.91 Å². The van der Waals surface area contributed by atoms with Crippen LogP contribution in [0.3, 0.4) is 0 Å². The van der Waals surface area contributed by atoms with Crippen LogP contribution in [-0.2, 0) is 9.53 Å². The van der Waals surface area contributed by atoms with Gasteiger partial charge in [-0.1, -0.05) is 26.7 Å². The fourth-order valence-corrected chi connectivity index (χ4v) is 2.22. The lowest BCUT2D eigenvalue weighted by Crippen LogP contribution is -2.34. The van der Waals surface area contributed by atoms with Gasteiger partial charge in [-0.15, -0.1) is 0 Å². The number of carbonyl (C=O) groups excluding carboxylic acids is 1. The monoisotopic (exact) mass is 267 g/mol. The molecule has 108 valence electrons. The molecule has 0 saturated carbocycles. The summed E-state index contributed by atoms with van der Waals surface area (Å²) in [6.07, 6.45) is 5.34. The van der Waals surface area contributed by atoms with Crippen LogP contribution in [0.15, 0.2) is 22.8 Å². The van der Waals surface area contributed by atoms with Crippen LogP contribution in [0.1, 0.15) is 51.4 Å². The predicted octanol–water partition coefficient (Wildman–Crippen LogP) is 3.30. The van der Waals surface area contributed by atoms with E-state index >= 15 is 0 Å². The molecular weight excluding hydrogens is 242 g/mol. The molecule has 1 amide bonds. The lowest BCUT2D eigenvalue weighted by Gasteiger charge is -2.18. The van der Waals surface area contributed by atoms with Crippen LogP contribution in [-0.4, -0.2) is 19.6 Å². The van der Waals surface area contributed by atoms with Gasteiger partial charge in [-0.05, 0) is 25.0 Å². The zero-order valence-corrected chi connectivity index (χ0v) is 12.1. The van der Waals surface area contributed by atoms with Crippen molar-refractivity contribution in [2.75, 3.05) is 13.7 Å². The van der Waals surface area contributed by atoms with Crippen LogP contribution in [0.5, 0.6) is 0 Å². The molecule has 0 bridgehead atoms. The van der Waals surface area contributed by atoms with Gasteiger partial charge in [0.15, 0.2) is 0 Å². The Morgan fingerprint density at radius 1 is 1.37 bits per heavy atom. The number of nitrogens with one attached hydrogen (secondary N) is 1. The lowest BCUT2D eigenvalue weighted by atomic mass is 9.97. The molecule has 1 heterocycles. The Hall–Kier alpha value is -1.29. The van der Waals surface area contributed by atoms with Crippen LogP contribution >= 0.6 is 0 Å². The van der Waals surface area contributed by atoms with E-state index < -0.39 is 0 Å². The molecule has 0 aliphatic rings. The standard InChI is InChI=1S/C15H25NO3/c1-4-7-12(8-5-2)15(17)16-11-14(18-3)13-9-6-10-19-13/h6,9-10,12,14H,4-5,7-8,11H2,1-3H3,(H,16,17). The van der Waals surface area contributed by atoms with Gasteiger partial charge in [-0.25, -0.2) is 0 Å². The molecule has 1 unspecified atom stereocenters. The van der Waals surface area contributed by atoms with Crippen molar-refractivity contribution in [1.29, 1.82) is 0 Å². The van der Waals surface area contributed by atoms with E-state index in [0.29, 0.717) is 6.54 Å². The van der Waals surface area contributed by atoms with Crippen molar-refractivity contribution in [3.8, 4) is 0 Å². The van der Waals surface area contributed by atoms with E-state index in [1.165, 1.54) is 0 Å². The van der Waals surface area contributed by atoms with Gasteiger partial charge < -0.3 is 14.5 Å². The van der Waals surface area contributed by atoms with Crippen LogP contribution in [0.25, 0.3) is 0 Å². The van der Waals surface area contributed by atoms with E-state index in [4.69, 9.17) is 9.15 Å². The average Bonchev–Trinajstić information content (AvgIpc) is 2.93. The van der Waals surface area contributed by atoms with E-state index in [2.05, 4.69) is 19.2 Å². The summed E-state index contributed by atoms with van der Waals surface area (Å²) in [4.78, 5) is 12.1. The molecule has 1 atom stereocenters. The minimum atomic E-state index is -0.220. The first-order valence-electron chi connectivity index (χ1n) is 7.06. The normalized spacial score (nSPS) is 12.6. The Labute approximate surface area is 115 Å². The molecule has 4 heteroatoms. The fourth-order valence-electron chi connectivity index (χ4n) is 2.22. The summed E-state index contributed by atoms with van der Waals surface area (Å²) in [5.41, 5.74) is 0. The number of methoxy groups -OCH3 is 1. The van der Waals surface area contributed by atoms with Gasteiger partial charge in [-0.3, -0.25) is 4.79 Å². The van der Waals surface area contributed by atoms with Crippen LogP contribution < -0.4 is 5.32 Å². The molecule has 1 aromatic rings. The van der Waals surface area contributed by atoms with E-state index in [1.54, 1.807) is 13.4 Å². The summed E-state index contributed by atoms with van der Waals surface area (Å²) in [6, 6.07) is 3.68. The highest BCUT2D eigenvalue weighted by molar-refractivity contribution is 5.78. The first-order valence-corrected chi connectivity index (χ1v) is 7.06. The van der Waals surface area contributed by atoms with Crippen LogP contribution in [0.2, 0.25) is 0 Å². The molecule has 1 aromatic heterocycles. The maximum Gasteiger partial charge on any atom is 0.223 e. The zero-order chi connectivity index (χ0) is 14.1. The smallest absolute Gasteiger partial charge is 0.223 e. The van der Waals surface area contributed by atoms with Gasteiger partial charge in [-0.2, -0.15) is 0 Å². The van der Waals surface area contributed by atoms with Crippen molar-refractivity contribution in [3.05, 3.63) is 24.2 Å². The number of carbonyl (C=O) groups is 1. The van der Waals surface area contributed by atoms with Crippen molar-refractivity contribution in [1.82, 2.24) is 5.32 Å². The SMILES string of the molecule is CCCC(CCC)C(=O)NCC(OC)c1ccco1. The van der Waals surface area contributed by atoms with Crippen molar-refractivity contribution in [2.45, 2.75) is 45.6 Å². The van der Waals surface area contributed by atoms with Crippen molar-refractivity contribution in [3.63, 3.8) is 0 Å². The number of hydrogen-bond donors (Lipinski definition) is 1. The second kappa shape index (κ2) is 8.75. The third kappa shape index (κ3) is 5.07. The summed E-state index contributed by atoms with van der Waals surface area (Å²) in [5.74, 6) is 0.978. The van der Waals surface area contributed by atoms with E-state index in [9.17, 15) is 4.79 Å². The van der Waals surface area contributed by atoms with E-state index in [-0.39, 0.29) is 17.9 Å². The molecule has 1 N–H and O–H groups in total. The number of furan rings is 1. The van der Waals surface area contributed by atoms with Crippen molar-refractivity contribution >= 4 is 5.91 Å². The Morgan fingerprint density at radius 3 is 2.53 bits per heavy atom. The average molecular weight is 267 g/mol.